The molecule has 0 spiro atoms. The molecule has 6 atom stereocenters. The summed E-state index contributed by atoms with van der Waals surface area (Å²) in [6.07, 6.45) is -4.86. The maximum atomic E-state index is 10.8. The molecule has 6 nitrogen and oxygen atoms in total. The van der Waals surface area contributed by atoms with Crippen molar-refractivity contribution in [1.82, 2.24) is 0 Å². The fourth-order valence-electron chi connectivity index (χ4n) is 4.02. The number of aliphatic hydroxyl groups excluding tert-OH is 2. The smallest absolute Gasteiger partial charge is 0.164 e. The van der Waals surface area contributed by atoms with Crippen LogP contribution in [0, 0.1) is 0 Å². The summed E-state index contributed by atoms with van der Waals surface area (Å²) in [7, 11) is 0. The lowest BCUT2D eigenvalue weighted by Crippen LogP contribution is -2.63. The molecular weight excluding hydrogens is 372 g/mol. The first kappa shape index (κ1) is 20.5. The van der Waals surface area contributed by atoms with Crippen molar-refractivity contribution >= 4 is 0 Å². The van der Waals surface area contributed by atoms with Gasteiger partial charge in [0.2, 0.25) is 0 Å². The van der Waals surface area contributed by atoms with Gasteiger partial charge in [0.1, 0.15) is 36.6 Å². The number of aliphatic hydroxyl groups is 2. The third-order valence-electron chi connectivity index (χ3n) is 5.40. The Hall–Kier alpha value is -1.80. The van der Waals surface area contributed by atoms with Crippen LogP contribution in [0.1, 0.15) is 25.0 Å². The predicted octanol–water partition coefficient (Wildman–Crippen LogP) is 2.41. The molecule has 29 heavy (non-hydrogen) atoms. The highest BCUT2D eigenvalue weighted by atomic mass is 16.8. The normalized spacial score (nSPS) is 33.4. The van der Waals surface area contributed by atoms with E-state index in [2.05, 4.69) is 0 Å². The molecule has 1 saturated heterocycles. The van der Waals surface area contributed by atoms with Crippen molar-refractivity contribution in [2.75, 3.05) is 0 Å². The third kappa shape index (κ3) is 4.53. The molecule has 6 heteroatoms. The van der Waals surface area contributed by atoms with Gasteiger partial charge in [0.25, 0.3) is 0 Å². The van der Waals surface area contributed by atoms with Crippen LogP contribution in [0.15, 0.2) is 60.7 Å². The molecule has 2 aromatic rings. The summed E-state index contributed by atoms with van der Waals surface area (Å²) in [4.78, 5) is 0. The van der Waals surface area contributed by atoms with E-state index >= 15 is 0 Å². The second-order valence-corrected chi connectivity index (χ2v) is 8.07. The van der Waals surface area contributed by atoms with Gasteiger partial charge in [0, 0.05) is 0 Å². The van der Waals surface area contributed by atoms with Gasteiger partial charge < -0.3 is 29.2 Å². The van der Waals surface area contributed by atoms with Gasteiger partial charge in [0.05, 0.1) is 13.2 Å². The second-order valence-electron chi connectivity index (χ2n) is 8.07. The first-order valence-corrected chi connectivity index (χ1v) is 9.97. The lowest BCUT2D eigenvalue weighted by molar-refractivity contribution is -0.223. The van der Waals surface area contributed by atoms with Gasteiger partial charge >= 0.3 is 0 Å². The minimum absolute atomic E-state index is 0.303. The Balaban J connectivity index is 1.50. The van der Waals surface area contributed by atoms with Crippen molar-refractivity contribution in [2.24, 2.45) is 0 Å². The summed E-state index contributed by atoms with van der Waals surface area (Å²) in [5.74, 6) is -0.859. The van der Waals surface area contributed by atoms with Crippen LogP contribution in [0.3, 0.4) is 0 Å². The zero-order valence-electron chi connectivity index (χ0n) is 16.7. The molecule has 0 unspecified atom stereocenters. The number of ether oxygens (including phenoxy) is 4. The molecule has 0 radical (unpaired) electrons. The molecular formula is C23H28O6. The van der Waals surface area contributed by atoms with E-state index in [0.717, 1.165) is 11.1 Å². The van der Waals surface area contributed by atoms with E-state index < -0.39 is 42.4 Å². The average molecular weight is 400 g/mol. The fraction of sp³-hybridized carbons (Fsp3) is 0.478. The molecule has 0 amide bonds. The highest BCUT2D eigenvalue weighted by Crippen LogP contribution is 2.40. The van der Waals surface area contributed by atoms with Crippen molar-refractivity contribution in [1.29, 1.82) is 0 Å². The maximum absolute atomic E-state index is 10.8. The van der Waals surface area contributed by atoms with E-state index in [1.54, 1.807) is 0 Å². The molecule has 2 aromatic carbocycles. The van der Waals surface area contributed by atoms with Crippen LogP contribution in [0.4, 0.5) is 0 Å². The highest BCUT2D eigenvalue weighted by molar-refractivity contribution is 5.15. The monoisotopic (exact) mass is 400 g/mol. The van der Waals surface area contributed by atoms with Crippen LogP contribution < -0.4 is 0 Å². The number of hydrogen-bond acceptors (Lipinski definition) is 6. The molecule has 4 rings (SSSR count). The van der Waals surface area contributed by atoms with Crippen LogP contribution in [-0.4, -0.2) is 52.6 Å². The standard InChI is InChI=1S/C23H28O6/c1-23(2)28-21-19(26-13-15-9-5-3-6-10-15)17(24)18(25)20(22(21)29-23)27-14-16-11-7-4-8-12-16/h3-12,17-22,24-25H,13-14H2,1-2H3/t17-,18-,19-,20+,21-,22-/m1/s1. The molecule has 1 aliphatic heterocycles. The van der Waals surface area contributed by atoms with Gasteiger partial charge in [-0.1, -0.05) is 60.7 Å². The Labute approximate surface area is 171 Å². The number of rotatable bonds is 6. The van der Waals surface area contributed by atoms with E-state index in [4.69, 9.17) is 18.9 Å². The Morgan fingerprint density at radius 1 is 0.724 bits per heavy atom. The minimum Gasteiger partial charge on any atom is -0.387 e. The van der Waals surface area contributed by atoms with E-state index in [9.17, 15) is 10.2 Å². The fourth-order valence-corrected chi connectivity index (χ4v) is 4.02. The Bertz CT molecular complexity index is 715. The third-order valence-corrected chi connectivity index (χ3v) is 5.40. The van der Waals surface area contributed by atoms with Gasteiger partial charge in [0.15, 0.2) is 5.79 Å². The predicted molar refractivity (Wildman–Crippen MR) is 106 cm³/mol. The van der Waals surface area contributed by atoms with Gasteiger partial charge in [-0.2, -0.15) is 0 Å². The van der Waals surface area contributed by atoms with Gasteiger partial charge in [-0.25, -0.2) is 0 Å². The molecule has 2 N–H and O–H groups in total. The van der Waals surface area contributed by atoms with Crippen LogP contribution in [-0.2, 0) is 32.2 Å². The highest BCUT2D eigenvalue weighted by Gasteiger charge is 2.58. The topological polar surface area (TPSA) is 77.4 Å². The zero-order valence-corrected chi connectivity index (χ0v) is 16.7. The van der Waals surface area contributed by atoms with Gasteiger partial charge in [-0.15, -0.1) is 0 Å². The van der Waals surface area contributed by atoms with Crippen LogP contribution in [0.5, 0.6) is 0 Å². The quantitative estimate of drug-likeness (QED) is 0.776. The van der Waals surface area contributed by atoms with Crippen LogP contribution in [0.2, 0.25) is 0 Å². The zero-order chi connectivity index (χ0) is 20.4. The molecule has 0 aromatic heterocycles. The molecule has 2 aliphatic rings. The average Bonchev–Trinajstić information content (AvgIpc) is 3.04. The maximum Gasteiger partial charge on any atom is 0.164 e. The second kappa shape index (κ2) is 8.52. The Morgan fingerprint density at radius 2 is 1.10 bits per heavy atom. The lowest BCUT2D eigenvalue weighted by atomic mass is 9.84. The Morgan fingerprint density at radius 3 is 1.48 bits per heavy atom. The van der Waals surface area contributed by atoms with Crippen molar-refractivity contribution < 1.29 is 29.2 Å². The molecule has 1 aliphatic carbocycles. The van der Waals surface area contributed by atoms with Gasteiger partial charge in [-0.05, 0) is 25.0 Å². The molecule has 2 fully saturated rings. The van der Waals surface area contributed by atoms with Crippen LogP contribution in [0.25, 0.3) is 0 Å². The SMILES string of the molecule is CC1(C)O[C@H]2[C@H](O1)[C@@H](OCc1ccccc1)[C@H](O)[C@@H](O)[C@H]2OCc1ccccc1. The summed E-state index contributed by atoms with van der Waals surface area (Å²) in [5, 5.41) is 21.6. The number of benzene rings is 2. The first-order chi connectivity index (χ1) is 13.9. The van der Waals surface area contributed by atoms with Crippen molar-refractivity contribution in [3.63, 3.8) is 0 Å². The van der Waals surface area contributed by atoms with E-state index in [1.807, 2.05) is 74.5 Å². The summed E-state index contributed by atoms with van der Waals surface area (Å²) in [6.45, 7) is 4.23. The minimum atomic E-state index is -1.15. The summed E-state index contributed by atoms with van der Waals surface area (Å²) < 4.78 is 24.1. The van der Waals surface area contributed by atoms with E-state index in [-0.39, 0.29) is 0 Å². The Kier molecular flexibility index (Phi) is 6.01. The molecule has 0 bridgehead atoms. The lowest BCUT2D eigenvalue weighted by Gasteiger charge is -2.43. The molecule has 1 saturated carbocycles. The van der Waals surface area contributed by atoms with Crippen molar-refractivity contribution in [2.45, 2.75) is 69.5 Å². The van der Waals surface area contributed by atoms with E-state index in [0.29, 0.717) is 13.2 Å². The first-order valence-electron chi connectivity index (χ1n) is 9.97. The van der Waals surface area contributed by atoms with E-state index in [1.165, 1.54) is 0 Å². The van der Waals surface area contributed by atoms with Crippen molar-refractivity contribution in [3.05, 3.63) is 71.8 Å². The van der Waals surface area contributed by atoms with Crippen LogP contribution >= 0.6 is 0 Å². The largest absolute Gasteiger partial charge is 0.387 e. The molecule has 156 valence electrons. The summed E-state index contributed by atoms with van der Waals surface area (Å²) in [5.41, 5.74) is 1.96. The summed E-state index contributed by atoms with van der Waals surface area (Å²) in [6, 6.07) is 19.4. The number of fused-ring (bicyclic) bond motifs is 1. The van der Waals surface area contributed by atoms with Crippen molar-refractivity contribution in [3.8, 4) is 0 Å². The van der Waals surface area contributed by atoms with Gasteiger partial charge in [-0.3, -0.25) is 0 Å². The number of hydrogen-bond donors (Lipinski definition) is 2. The molecule has 1 heterocycles. The summed E-state index contributed by atoms with van der Waals surface area (Å²) >= 11 is 0.